The Morgan fingerprint density at radius 3 is 2.71 bits per heavy atom. The predicted octanol–water partition coefficient (Wildman–Crippen LogP) is 3.59. The molecule has 118 valence electrons. The molecule has 1 atom stereocenters. The van der Waals surface area contributed by atoms with Gasteiger partial charge < -0.3 is 15.4 Å². The van der Waals surface area contributed by atoms with Crippen LogP contribution in [0.1, 0.15) is 31.7 Å². The second kappa shape index (κ2) is 8.16. The molecule has 0 bridgehead atoms. The van der Waals surface area contributed by atoms with Crippen molar-refractivity contribution in [2.24, 2.45) is 11.7 Å². The summed E-state index contributed by atoms with van der Waals surface area (Å²) >= 11 is 3.61. The number of benzene rings is 1. The quantitative estimate of drug-likeness (QED) is 0.848. The van der Waals surface area contributed by atoms with E-state index in [-0.39, 0.29) is 6.04 Å². The molecule has 1 aromatic carbocycles. The van der Waals surface area contributed by atoms with E-state index in [1.54, 1.807) is 7.11 Å². The number of ether oxygens (including phenoxy) is 1. The smallest absolute Gasteiger partial charge is 0.0491 e. The highest BCUT2D eigenvalue weighted by Gasteiger charge is 2.21. The Labute approximate surface area is 137 Å². The van der Waals surface area contributed by atoms with Gasteiger partial charge in [-0.2, -0.15) is 0 Å². The van der Waals surface area contributed by atoms with Gasteiger partial charge in [0.05, 0.1) is 0 Å². The van der Waals surface area contributed by atoms with Crippen LogP contribution in [0.2, 0.25) is 0 Å². The Balaban J connectivity index is 2.09. The maximum Gasteiger partial charge on any atom is 0.0491 e. The van der Waals surface area contributed by atoms with Crippen LogP contribution in [0.25, 0.3) is 0 Å². The van der Waals surface area contributed by atoms with E-state index in [1.807, 2.05) is 0 Å². The molecule has 1 saturated heterocycles. The monoisotopic (exact) mass is 354 g/mol. The largest absolute Gasteiger partial charge is 0.384 e. The number of anilines is 1. The molecule has 0 radical (unpaired) electrons. The first kappa shape index (κ1) is 16.8. The van der Waals surface area contributed by atoms with Crippen molar-refractivity contribution >= 4 is 21.6 Å². The summed E-state index contributed by atoms with van der Waals surface area (Å²) in [5.41, 5.74) is 8.88. The molecule has 0 aliphatic carbocycles. The van der Waals surface area contributed by atoms with Crippen molar-refractivity contribution < 1.29 is 4.74 Å². The maximum absolute atomic E-state index is 6.16. The third-order valence-electron chi connectivity index (χ3n) is 4.41. The molecule has 1 fully saturated rings. The number of nitrogens with two attached hydrogens (primary N) is 1. The molecule has 1 aromatic rings. The van der Waals surface area contributed by atoms with E-state index in [1.165, 1.54) is 24.1 Å². The van der Waals surface area contributed by atoms with Crippen molar-refractivity contribution in [2.45, 2.75) is 38.6 Å². The lowest BCUT2D eigenvalue weighted by Gasteiger charge is -2.35. The summed E-state index contributed by atoms with van der Waals surface area (Å²) in [6.45, 7) is 5.26. The van der Waals surface area contributed by atoms with E-state index in [2.05, 4.69) is 46.0 Å². The maximum atomic E-state index is 6.16. The molecule has 21 heavy (non-hydrogen) atoms. The highest BCUT2D eigenvalue weighted by atomic mass is 79.9. The summed E-state index contributed by atoms with van der Waals surface area (Å²) in [5, 5.41) is 0. The van der Waals surface area contributed by atoms with Gasteiger partial charge in [-0.3, -0.25) is 0 Å². The predicted molar refractivity (Wildman–Crippen MR) is 92.9 cm³/mol. The topological polar surface area (TPSA) is 38.5 Å². The lowest BCUT2D eigenvalue weighted by molar-refractivity contribution is 0.139. The standard InChI is InChI=1S/C17H27BrN2O/c1-3-16(19)10-14-4-5-15(18)11-17(14)20-8-6-13(7-9-20)12-21-2/h4-5,11,13,16H,3,6-10,12,19H2,1-2H3. The van der Waals surface area contributed by atoms with E-state index in [0.717, 1.165) is 37.0 Å². The summed E-state index contributed by atoms with van der Waals surface area (Å²) in [6, 6.07) is 6.83. The van der Waals surface area contributed by atoms with Crippen LogP contribution < -0.4 is 10.6 Å². The third-order valence-corrected chi connectivity index (χ3v) is 4.90. The second-order valence-electron chi connectivity index (χ2n) is 6.03. The zero-order chi connectivity index (χ0) is 15.2. The van der Waals surface area contributed by atoms with Crippen LogP contribution >= 0.6 is 15.9 Å². The van der Waals surface area contributed by atoms with Crippen molar-refractivity contribution in [2.75, 3.05) is 31.7 Å². The summed E-state index contributed by atoms with van der Waals surface area (Å²) < 4.78 is 6.43. The number of hydrogen-bond acceptors (Lipinski definition) is 3. The minimum atomic E-state index is 0.246. The zero-order valence-electron chi connectivity index (χ0n) is 13.1. The highest BCUT2D eigenvalue weighted by molar-refractivity contribution is 9.10. The normalized spacial score (nSPS) is 18.0. The third kappa shape index (κ3) is 4.70. The van der Waals surface area contributed by atoms with Crippen LogP contribution in [0, 0.1) is 5.92 Å². The first-order valence-electron chi connectivity index (χ1n) is 7.92. The van der Waals surface area contributed by atoms with Gasteiger partial charge in [0.1, 0.15) is 0 Å². The average molecular weight is 355 g/mol. The molecule has 1 aliphatic rings. The van der Waals surface area contributed by atoms with Crippen molar-refractivity contribution in [3.8, 4) is 0 Å². The SMILES string of the molecule is CCC(N)Cc1ccc(Br)cc1N1CCC(COC)CC1. The van der Waals surface area contributed by atoms with Gasteiger partial charge >= 0.3 is 0 Å². The molecule has 0 saturated carbocycles. The molecule has 0 aromatic heterocycles. The average Bonchev–Trinajstić information content (AvgIpc) is 2.50. The van der Waals surface area contributed by atoms with Crippen molar-refractivity contribution in [1.82, 2.24) is 0 Å². The van der Waals surface area contributed by atoms with Crippen LogP contribution in [0.5, 0.6) is 0 Å². The summed E-state index contributed by atoms with van der Waals surface area (Å²) in [4.78, 5) is 2.51. The molecule has 4 heteroatoms. The van der Waals surface area contributed by atoms with Gasteiger partial charge in [0, 0.05) is 43.0 Å². The Kier molecular flexibility index (Phi) is 6.52. The van der Waals surface area contributed by atoms with Gasteiger partial charge in [-0.1, -0.05) is 28.9 Å². The minimum absolute atomic E-state index is 0.246. The van der Waals surface area contributed by atoms with Crippen molar-refractivity contribution in [1.29, 1.82) is 0 Å². The zero-order valence-corrected chi connectivity index (χ0v) is 14.7. The molecule has 1 heterocycles. The number of methoxy groups -OCH3 is 1. The lowest BCUT2D eigenvalue weighted by Crippen LogP contribution is -2.36. The van der Waals surface area contributed by atoms with Crippen LogP contribution in [0.3, 0.4) is 0 Å². The van der Waals surface area contributed by atoms with E-state index < -0.39 is 0 Å². The van der Waals surface area contributed by atoms with Crippen LogP contribution in [0.4, 0.5) is 5.69 Å². The molecule has 2 rings (SSSR count). The fourth-order valence-electron chi connectivity index (χ4n) is 3.01. The molecule has 2 N–H and O–H groups in total. The van der Waals surface area contributed by atoms with Gasteiger partial charge in [-0.25, -0.2) is 0 Å². The van der Waals surface area contributed by atoms with Crippen molar-refractivity contribution in [3.63, 3.8) is 0 Å². The Hall–Kier alpha value is -0.580. The molecular formula is C17H27BrN2O. The number of hydrogen-bond donors (Lipinski definition) is 1. The summed E-state index contributed by atoms with van der Waals surface area (Å²) in [7, 11) is 1.80. The Morgan fingerprint density at radius 1 is 1.38 bits per heavy atom. The van der Waals surface area contributed by atoms with Crippen LogP contribution in [-0.2, 0) is 11.2 Å². The molecule has 1 aliphatic heterocycles. The summed E-state index contributed by atoms with van der Waals surface area (Å²) in [6.07, 6.45) is 4.39. The molecule has 0 amide bonds. The van der Waals surface area contributed by atoms with E-state index in [9.17, 15) is 0 Å². The lowest BCUT2D eigenvalue weighted by atomic mass is 9.95. The number of halogens is 1. The highest BCUT2D eigenvalue weighted by Crippen LogP contribution is 2.30. The first-order valence-corrected chi connectivity index (χ1v) is 8.71. The second-order valence-corrected chi connectivity index (χ2v) is 6.95. The summed E-state index contributed by atoms with van der Waals surface area (Å²) in [5.74, 6) is 0.708. The number of nitrogens with zero attached hydrogens (tertiary/aromatic N) is 1. The van der Waals surface area contributed by atoms with Gasteiger partial charge in [0.15, 0.2) is 0 Å². The van der Waals surface area contributed by atoms with Crippen LogP contribution in [-0.4, -0.2) is 32.8 Å². The van der Waals surface area contributed by atoms with Gasteiger partial charge in [-0.15, -0.1) is 0 Å². The van der Waals surface area contributed by atoms with Gasteiger partial charge in [-0.05, 0) is 49.3 Å². The van der Waals surface area contributed by atoms with Crippen LogP contribution in [0.15, 0.2) is 22.7 Å². The Bertz CT molecular complexity index is 444. The van der Waals surface area contributed by atoms with E-state index in [4.69, 9.17) is 10.5 Å². The number of piperidine rings is 1. The molecule has 1 unspecified atom stereocenters. The van der Waals surface area contributed by atoms with E-state index in [0.29, 0.717) is 5.92 Å². The fourth-order valence-corrected chi connectivity index (χ4v) is 3.36. The number of rotatable bonds is 6. The Morgan fingerprint density at radius 2 is 2.10 bits per heavy atom. The van der Waals surface area contributed by atoms with Gasteiger partial charge in [0.2, 0.25) is 0 Å². The fraction of sp³-hybridized carbons (Fsp3) is 0.647. The van der Waals surface area contributed by atoms with Crippen molar-refractivity contribution in [3.05, 3.63) is 28.2 Å². The van der Waals surface area contributed by atoms with Gasteiger partial charge in [0.25, 0.3) is 0 Å². The van der Waals surface area contributed by atoms with E-state index >= 15 is 0 Å². The first-order chi connectivity index (χ1) is 10.1. The molecule has 3 nitrogen and oxygen atoms in total. The molecule has 0 spiro atoms. The minimum Gasteiger partial charge on any atom is -0.384 e. The molecular weight excluding hydrogens is 328 g/mol.